The van der Waals surface area contributed by atoms with Crippen molar-refractivity contribution < 1.29 is 37.6 Å². The van der Waals surface area contributed by atoms with Gasteiger partial charge in [0.1, 0.15) is 0 Å². The van der Waals surface area contributed by atoms with Crippen molar-refractivity contribution in [1.82, 2.24) is 0 Å². The van der Waals surface area contributed by atoms with Gasteiger partial charge in [0.05, 0.1) is 4.92 Å². The van der Waals surface area contributed by atoms with Crippen LogP contribution in [0, 0.1) is 17.5 Å². The molecule has 0 aliphatic rings. The summed E-state index contributed by atoms with van der Waals surface area (Å²) in [6.07, 6.45) is 0. The van der Waals surface area contributed by atoms with Gasteiger partial charge in [-0.3, -0.25) is 10.1 Å². The van der Waals surface area contributed by atoms with Crippen molar-refractivity contribution in [3.8, 4) is 0 Å². The number of hydrogen-bond donors (Lipinski definition) is 0. The molecular formula is C11H20NO2Y-. The van der Waals surface area contributed by atoms with Gasteiger partial charge in [0.15, 0.2) is 0 Å². The van der Waals surface area contributed by atoms with Crippen molar-refractivity contribution in [3.05, 3.63) is 47.9 Å². The molecule has 0 saturated heterocycles. The average Bonchev–Trinajstić information content (AvgIpc) is 2.25. The second kappa shape index (κ2) is 19.3. The zero-order valence-electron chi connectivity index (χ0n) is 10.2. The minimum atomic E-state index is -0.417. The van der Waals surface area contributed by atoms with Gasteiger partial charge in [-0.15, -0.1) is 0 Å². The Balaban J connectivity index is -0.0000000910. The van der Waals surface area contributed by atoms with Crippen LogP contribution in [0.25, 0.3) is 0 Å². The smallest absolute Gasteiger partial charge is 0.269 e. The van der Waals surface area contributed by atoms with Crippen molar-refractivity contribution in [3.63, 3.8) is 0 Å². The third kappa shape index (κ3) is 13.7. The standard InChI is InChI=1S/C6H5NO2.2C2H6.CH3.Y/c8-7(9)6-4-2-1-3-5-6;2*1-2;;/h1-5H;2*1-2H3;1H3;/q;;;-1;. The first-order valence-electron chi connectivity index (χ1n) is 4.50. The van der Waals surface area contributed by atoms with E-state index in [4.69, 9.17) is 0 Å². The second-order valence-electron chi connectivity index (χ2n) is 1.59. The van der Waals surface area contributed by atoms with Crippen LogP contribution in [-0.4, -0.2) is 4.92 Å². The third-order valence-electron chi connectivity index (χ3n) is 0.967. The molecule has 0 atom stereocenters. The van der Waals surface area contributed by atoms with Gasteiger partial charge in [0, 0.05) is 44.8 Å². The molecule has 15 heavy (non-hydrogen) atoms. The molecule has 1 rings (SSSR count). The number of nitrogens with zero attached hydrogens (tertiary/aromatic N) is 1. The monoisotopic (exact) mass is 287 g/mol. The molecule has 1 aromatic carbocycles. The molecule has 0 bridgehead atoms. The van der Waals surface area contributed by atoms with Crippen LogP contribution in [0.3, 0.4) is 0 Å². The maximum Gasteiger partial charge on any atom is 0.269 e. The molecule has 1 radical (unpaired) electrons. The van der Waals surface area contributed by atoms with Gasteiger partial charge in [0.25, 0.3) is 5.69 Å². The van der Waals surface area contributed by atoms with E-state index in [0.29, 0.717) is 0 Å². The Morgan fingerprint density at radius 2 is 1.33 bits per heavy atom. The summed E-state index contributed by atoms with van der Waals surface area (Å²) >= 11 is 0. The van der Waals surface area contributed by atoms with E-state index in [9.17, 15) is 10.1 Å². The van der Waals surface area contributed by atoms with Gasteiger partial charge in [-0.05, 0) is 0 Å². The first-order chi connectivity index (χ1) is 6.30. The predicted molar refractivity (Wildman–Crippen MR) is 62.2 cm³/mol. The van der Waals surface area contributed by atoms with Crippen LogP contribution < -0.4 is 0 Å². The summed E-state index contributed by atoms with van der Waals surface area (Å²) in [5, 5.41) is 10.0. The van der Waals surface area contributed by atoms with Crippen molar-refractivity contribution in [1.29, 1.82) is 0 Å². The van der Waals surface area contributed by atoms with Gasteiger partial charge >= 0.3 is 0 Å². The molecule has 0 amide bonds. The van der Waals surface area contributed by atoms with Crippen molar-refractivity contribution in [2.75, 3.05) is 0 Å². The third-order valence-corrected chi connectivity index (χ3v) is 0.967. The fourth-order valence-corrected chi connectivity index (χ4v) is 0.550. The number of rotatable bonds is 1. The maximum absolute atomic E-state index is 10.0. The van der Waals surface area contributed by atoms with E-state index in [-0.39, 0.29) is 45.8 Å². The summed E-state index contributed by atoms with van der Waals surface area (Å²) in [5.74, 6) is 0. The molecule has 0 unspecified atom stereocenters. The van der Waals surface area contributed by atoms with Crippen LogP contribution in [0.15, 0.2) is 30.3 Å². The summed E-state index contributed by atoms with van der Waals surface area (Å²) in [6.45, 7) is 8.00. The summed E-state index contributed by atoms with van der Waals surface area (Å²) < 4.78 is 0. The van der Waals surface area contributed by atoms with E-state index in [1.54, 1.807) is 18.2 Å². The van der Waals surface area contributed by atoms with E-state index in [2.05, 4.69) is 0 Å². The Bertz CT molecular complexity index is 215. The fourth-order valence-electron chi connectivity index (χ4n) is 0.550. The Morgan fingerprint density at radius 1 is 1.00 bits per heavy atom. The summed E-state index contributed by atoms with van der Waals surface area (Å²) in [5.41, 5.74) is 0.137. The van der Waals surface area contributed by atoms with Crippen molar-refractivity contribution in [2.45, 2.75) is 27.7 Å². The summed E-state index contributed by atoms with van der Waals surface area (Å²) in [4.78, 5) is 9.59. The molecule has 0 heterocycles. The summed E-state index contributed by atoms with van der Waals surface area (Å²) in [6, 6.07) is 7.93. The average molecular weight is 287 g/mol. The molecule has 1 aromatic rings. The molecule has 3 nitrogen and oxygen atoms in total. The molecule has 85 valence electrons. The first-order valence-corrected chi connectivity index (χ1v) is 4.50. The quantitative estimate of drug-likeness (QED) is 0.443. The zero-order chi connectivity index (χ0) is 10.7. The maximum atomic E-state index is 10.0. The number of non-ortho nitro benzene ring substituents is 1. The van der Waals surface area contributed by atoms with Crippen LogP contribution in [-0.2, 0) is 32.7 Å². The number of nitro benzene ring substituents is 1. The van der Waals surface area contributed by atoms with Crippen LogP contribution in [0.5, 0.6) is 0 Å². The molecule has 0 spiro atoms. The van der Waals surface area contributed by atoms with E-state index in [1.165, 1.54) is 12.1 Å². The van der Waals surface area contributed by atoms with Crippen LogP contribution in [0.1, 0.15) is 27.7 Å². The fraction of sp³-hybridized carbons (Fsp3) is 0.364. The van der Waals surface area contributed by atoms with E-state index < -0.39 is 4.92 Å². The van der Waals surface area contributed by atoms with E-state index in [0.717, 1.165) is 0 Å². The molecule has 4 heteroatoms. The number of nitro groups is 1. The SMILES string of the molecule is CC.CC.O=[N+]([O-])c1ccccc1.[CH3-].[Y]. The largest absolute Gasteiger partial charge is 0.358 e. The molecule has 0 saturated carbocycles. The van der Waals surface area contributed by atoms with Gasteiger partial charge in [-0.2, -0.15) is 0 Å². The molecule has 0 aliphatic heterocycles. The Labute approximate surface area is 118 Å². The molecule has 0 fully saturated rings. The van der Waals surface area contributed by atoms with Gasteiger partial charge < -0.3 is 7.43 Å². The minimum Gasteiger partial charge on any atom is -0.358 e. The number of para-hydroxylation sites is 1. The Hall–Kier alpha value is -0.276. The normalized spacial score (nSPS) is 6.13. The molecule has 0 aliphatic carbocycles. The van der Waals surface area contributed by atoms with E-state index >= 15 is 0 Å². The van der Waals surface area contributed by atoms with Crippen LogP contribution in [0.2, 0.25) is 0 Å². The summed E-state index contributed by atoms with van der Waals surface area (Å²) in [7, 11) is 0. The molecule has 0 N–H and O–H groups in total. The van der Waals surface area contributed by atoms with E-state index in [1.807, 2.05) is 27.7 Å². The van der Waals surface area contributed by atoms with Crippen LogP contribution >= 0.6 is 0 Å². The van der Waals surface area contributed by atoms with Gasteiger partial charge in [-0.25, -0.2) is 0 Å². The Kier molecular flexibility index (Phi) is 31.1. The number of hydrogen-bond acceptors (Lipinski definition) is 2. The zero-order valence-corrected chi connectivity index (χ0v) is 13.1. The molecular weight excluding hydrogens is 267 g/mol. The second-order valence-corrected chi connectivity index (χ2v) is 1.59. The topological polar surface area (TPSA) is 43.1 Å². The number of benzene rings is 1. The van der Waals surface area contributed by atoms with Gasteiger partial charge in [0.2, 0.25) is 0 Å². The predicted octanol–water partition coefficient (Wildman–Crippen LogP) is 4.09. The Morgan fingerprint density at radius 3 is 1.53 bits per heavy atom. The van der Waals surface area contributed by atoms with Crippen molar-refractivity contribution in [2.24, 2.45) is 0 Å². The molecule has 0 aromatic heterocycles. The van der Waals surface area contributed by atoms with Crippen LogP contribution in [0.4, 0.5) is 5.69 Å². The van der Waals surface area contributed by atoms with Gasteiger partial charge in [-0.1, -0.05) is 45.9 Å². The van der Waals surface area contributed by atoms with Crippen molar-refractivity contribution >= 4 is 5.69 Å². The first kappa shape index (κ1) is 24.1. The minimum absolute atomic E-state index is 0.